The second kappa shape index (κ2) is 11.0. The van der Waals surface area contributed by atoms with Gasteiger partial charge in [0.25, 0.3) is 5.91 Å². The fourth-order valence-electron chi connectivity index (χ4n) is 4.83. The maximum Gasteiger partial charge on any atom is 0.410 e. The van der Waals surface area contributed by atoms with E-state index in [1.165, 1.54) is 0 Å². The molecule has 178 valence electrons. The normalized spacial score (nSPS) is 20.8. The van der Waals surface area contributed by atoms with Crippen molar-refractivity contribution >= 4 is 22.8 Å². The van der Waals surface area contributed by atoms with E-state index in [-0.39, 0.29) is 18.0 Å². The molecule has 2 fully saturated rings. The number of hydrogen-bond acceptors (Lipinski definition) is 4. The van der Waals surface area contributed by atoms with Gasteiger partial charge < -0.3 is 14.5 Å². The Balaban J connectivity index is 1.38. The van der Waals surface area contributed by atoms with E-state index < -0.39 is 0 Å². The van der Waals surface area contributed by atoms with E-state index in [1.54, 1.807) is 0 Å². The number of amides is 2. The Kier molecular flexibility index (Phi) is 7.86. The number of benzene rings is 2. The van der Waals surface area contributed by atoms with Gasteiger partial charge in [0.15, 0.2) is 0 Å². The Morgan fingerprint density at radius 3 is 2.55 bits per heavy atom. The van der Waals surface area contributed by atoms with Crippen molar-refractivity contribution < 1.29 is 14.3 Å². The van der Waals surface area contributed by atoms with Crippen LogP contribution in [0.25, 0.3) is 10.8 Å². The van der Waals surface area contributed by atoms with Crippen molar-refractivity contribution in [3.63, 3.8) is 0 Å². The first-order chi connectivity index (χ1) is 16.1. The summed E-state index contributed by atoms with van der Waals surface area (Å²) in [6.07, 6.45) is 5.12. The maximum atomic E-state index is 13.5. The van der Waals surface area contributed by atoms with E-state index in [2.05, 4.69) is 30.9 Å². The van der Waals surface area contributed by atoms with E-state index in [0.717, 1.165) is 81.2 Å². The molecule has 2 heterocycles. The van der Waals surface area contributed by atoms with Gasteiger partial charge in [0.1, 0.15) is 0 Å². The van der Waals surface area contributed by atoms with Crippen LogP contribution in [0, 0.1) is 0 Å². The molecule has 0 saturated carbocycles. The maximum absolute atomic E-state index is 13.5. The van der Waals surface area contributed by atoms with Gasteiger partial charge in [-0.25, -0.2) is 4.79 Å². The monoisotopic (exact) mass is 451 g/mol. The van der Waals surface area contributed by atoms with Gasteiger partial charge in [0.2, 0.25) is 0 Å². The topological polar surface area (TPSA) is 52.9 Å². The average Bonchev–Trinajstić information content (AvgIpc) is 3.62. The van der Waals surface area contributed by atoms with Gasteiger partial charge in [0, 0.05) is 44.3 Å². The molecule has 2 aromatic rings. The lowest BCUT2D eigenvalue weighted by atomic mass is 10.0. The molecule has 2 saturated heterocycles. The van der Waals surface area contributed by atoms with Gasteiger partial charge in [0.05, 0.1) is 12.6 Å². The average molecular weight is 452 g/mol. The third-order valence-corrected chi connectivity index (χ3v) is 6.92. The Morgan fingerprint density at radius 2 is 1.73 bits per heavy atom. The summed E-state index contributed by atoms with van der Waals surface area (Å²) in [4.78, 5) is 32.1. The molecule has 4 rings (SSSR count). The number of carbonyl (C=O) groups excluding carboxylic acids is 2. The molecule has 0 aliphatic carbocycles. The van der Waals surface area contributed by atoms with Crippen LogP contribution in [0.4, 0.5) is 4.79 Å². The predicted molar refractivity (Wildman–Crippen MR) is 131 cm³/mol. The Bertz CT molecular complexity index is 957. The van der Waals surface area contributed by atoms with Crippen molar-refractivity contribution in [1.29, 1.82) is 0 Å². The first-order valence-electron chi connectivity index (χ1n) is 12.6. The van der Waals surface area contributed by atoms with Crippen molar-refractivity contribution in [2.75, 3.05) is 39.3 Å². The van der Waals surface area contributed by atoms with Crippen molar-refractivity contribution in [2.45, 2.75) is 58.0 Å². The highest BCUT2D eigenvalue weighted by Crippen LogP contribution is 2.26. The number of piperazine rings is 1. The Hall–Kier alpha value is -2.60. The fourth-order valence-corrected chi connectivity index (χ4v) is 4.83. The largest absolute Gasteiger partial charge is 0.449 e. The van der Waals surface area contributed by atoms with Gasteiger partial charge in [-0.3, -0.25) is 9.69 Å². The molecule has 6 nitrogen and oxygen atoms in total. The van der Waals surface area contributed by atoms with Crippen LogP contribution in [0.5, 0.6) is 0 Å². The van der Waals surface area contributed by atoms with Gasteiger partial charge in [-0.2, -0.15) is 0 Å². The molecule has 0 aromatic heterocycles. The highest BCUT2D eigenvalue weighted by atomic mass is 16.6. The second-order valence-electron chi connectivity index (χ2n) is 9.34. The van der Waals surface area contributed by atoms with Gasteiger partial charge >= 0.3 is 6.09 Å². The number of ether oxygens (including phenoxy) is 1. The first-order valence-corrected chi connectivity index (χ1v) is 12.6. The highest BCUT2D eigenvalue weighted by molar-refractivity contribution is 6.07. The van der Waals surface area contributed by atoms with Gasteiger partial charge in [-0.05, 0) is 29.7 Å². The lowest BCUT2D eigenvalue weighted by Gasteiger charge is -2.41. The summed E-state index contributed by atoms with van der Waals surface area (Å²) in [5.74, 6) is 0.125. The molecule has 1 unspecified atom stereocenters. The van der Waals surface area contributed by atoms with Gasteiger partial charge in [-0.1, -0.05) is 69.5 Å². The van der Waals surface area contributed by atoms with Crippen molar-refractivity contribution in [3.8, 4) is 0 Å². The zero-order valence-corrected chi connectivity index (χ0v) is 20.0. The fraction of sp³-hybridized carbons (Fsp3) is 0.556. The first kappa shape index (κ1) is 23.6. The third kappa shape index (κ3) is 5.67. The third-order valence-electron chi connectivity index (χ3n) is 6.92. The molecule has 0 N–H and O–H groups in total. The zero-order valence-electron chi connectivity index (χ0n) is 20.0. The lowest BCUT2D eigenvalue weighted by Crippen LogP contribution is -2.55. The van der Waals surface area contributed by atoms with Crippen LogP contribution in [-0.4, -0.2) is 78.1 Å². The standard InChI is InChI=1S/C27H37N3O3/c1-3-5-12-22-18-29(26(31)25-14-9-11-21-10-7-8-13-24(21)25)16-15-28(22)19-23-20-30(23)27(32)33-17-6-4-2/h7-11,13-14,22-23H,3-6,12,15-20H2,1-2H3/t22-,23?,30?/m0/s1. The lowest BCUT2D eigenvalue weighted by molar-refractivity contribution is 0.0452. The zero-order chi connectivity index (χ0) is 23.2. The van der Waals surface area contributed by atoms with E-state index in [0.29, 0.717) is 12.6 Å². The van der Waals surface area contributed by atoms with E-state index >= 15 is 0 Å². The molecule has 2 atom stereocenters. The molecule has 0 bridgehead atoms. The van der Waals surface area contributed by atoms with Crippen LogP contribution >= 0.6 is 0 Å². The summed E-state index contributed by atoms with van der Waals surface area (Å²) >= 11 is 0. The molecule has 0 spiro atoms. The highest BCUT2D eigenvalue weighted by Gasteiger charge is 2.42. The van der Waals surface area contributed by atoms with Crippen LogP contribution in [0.1, 0.15) is 56.3 Å². The molecule has 2 aliphatic heterocycles. The van der Waals surface area contributed by atoms with Crippen LogP contribution in [0.3, 0.4) is 0 Å². The molecule has 33 heavy (non-hydrogen) atoms. The van der Waals surface area contributed by atoms with E-state index in [1.807, 2.05) is 40.1 Å². The minimum absolute atomic E-state index is 0.125. The SMILES string of the molecule is CCCCOC(=O)N1CC1CN1CCN(C(=O)c2cccc3ccccc23)C[C@@H]1CCCC. The van der Waals surface area contributed by atoms with E-state index in [9.17, 15) is 9.59 Å². The van der Waals surface area contributed by atoms with Crippen LogP contribution in [-0.2, 0) is 4.74 Å². The summed E-state index contributed by atoms with van der Waals surface area (Å²) < 4.78 is 5.37. The Labute approximate surface area is 197 Å². The molecular weight excluding hydrogens is 414 g/mol. The number of rotatable bonds is 9. The molecule has 2 aliphatic rings. The minimum atomic E-state index is -0.177. The molecule has 0 radical (unpaired) electrons. The summed E-state index contributed by atoms with van der Waals surface area (Å²) in [5.41, 5.74) is 0.791. The van der Waals surface area contributed by atoms with Crippen molar-refractivity contribution in [2.24, 2.45) is 0 Å². The molecule has 6 heteroatoms. The molecular formula is C27H37N3O3. The number of unbranched alkanes of at least 4 members (excludes halogenated alkanes) is 2. The van der Waals surface area contributed by atoms with Crippen molar-refractivity contribution in [3.05, 3.63) is 48.0 Å². The Morgan fingerprint density at radius 1 is 0.939 bits per heavy atom. The summed E-state index contributed by atoms with van der Waals surface area (Å²) in [6.45, 7) is 8.77. The van der Waals surface area contributed by atoms with E-state index in [4.69, 9.17) is 4.74 Å². The minimum Gasteiger partial charge on any atom is -0.449 e. The number of fused-ring (bicyclic) bond motifs is 1. The predicted octanol–water partition coefficient (Wildman–Crippen LogP) is 4.78. The molecule has 2 amide bonds. The molecule has 2 aromatic carbocycles. The summed E-state index contributed by atoms with van der Waals surface area (Å²) in [7, 11) is 0. The number of hydrogen-bond donors (Lipinski definition) is 0. The quantitative estimate of drug-likeness (QED) is 0.407. The van der Waals surface area contributed by atoms with Crippen LogP contribution in [0.2, 0.25) is 0 Å². The second-order valence-corrected chi connectivity index (χ2v) is 9.34. The van der Waals surface area contributed by atoms with Crippen molar-refractivity contribution in [1.82, 2.24) is 14.7 Å². The van der Waals surface area contributed by atoms with Gasteiger partial charge in [-0.15, -0.1) is 0 Å². The smallest absolute Gasteiger partial charge is 0.410 e. The van der Waals surface area contributed by atoms with Crippen LogP contribution in [0.15, 0.2) is 42.5 Å². The number of carbonyl (C=O) groups is 2. The summed E-state index contributed by atoms with van der Waals surface area (Å²) in [5, 5.41) is 2.12. The van der Waals surface area contributed by atoms with Crippen LogP contribution < -0.4 is 0 Å². The number of nitrogens with zero attached hydrogens (tertiary/aromatic N) is 3. The summed E-state index contributed by atoms with van der Waals surface area (Å²) in [6, 6.07) is 14.7.